The first-order valence-electron chi connectivity index (χ1n) is 19.3. The Morgan fingerprint density at radius 2 is 0.862 bits per heavy atom. The van der Waals surface area contributed by atoms with Gasteiger partial charge in [0.25, 0.3) is 0 Å². The van der Waals surface area contributed by atoms with E-state index in [-0.39, 0.29) is 0 Å². The van der Waals surface area contributed by atoms with Gasteiger partial charge in [-0.05, 0) is 64.7 Å². The van der Waals surface area contributed by atoms with Crippen LogP contribution in [-0.2, 0) is 0 Å². The SMILES string of the molecule is c1ccc(-c2ccc(-c3nc(-c4ccccc4)nc(-c4cccc5c4oc4c(-c6nc7ccccc7n6-c6ccccc6)cc(-c6ccccc6)cc45)n3)cc2)cc1. The molecular weight excluding hydrogens is 711 g/mol. The van der Waals surface area contributed by atoms with Crippen LogP contribution in [0.3, 0.4) is 0 Å². The standard InChI is InChI=1S/C52H33N5O/c1-5-16-34(17-6-1)36-28-30-38(31-29-36)50-54-49(37-20-9-3-10-21-37)55-51(56-50)42-25-15-24-41-43-32-39(35-18-7-2-8-19-35)33-44(48(43)58-47(41)42)52-53-45-26-13-14-27-46(45)57(52)40-22-11-4-12-23-40/h1-33H. The van der Waals surface area contributed by atoms with Crippen molar-refractivity contribution in [2.24, 2.45) is 0 Å². The zero-order valence-corrected chi connectivity index (χ0v) is 31.2. The molecule has 0 bridgehead atoms. The monoisotopic (exact) mass is 743 g/mol. The van der Waals surface area contributed by atoms with Crippen LogP contribution in [0, 0.1) is 0 Å². The van der Waals surface area contributed by atoms with Gasteiger partial charge in [-0.2, -0.15) is 0 Å². The summed E-state index contributed by atoms with van der Waals surface area (Å²) in [5.74, 6) is 2.50. The van der Waals surface area contributed by atoms with E-state index in [9.17, 15) is 0 Å². The highest BCUT2D eigenvalue weighted by Gasteiger charge is 2.24. The third-order valence-corrected chi connectivity index (χ3v) is 10.7. The molecule has 0 spiro atoms. The fraction of sp³-hybridized carbons (Fsp3) is 0. The molecule has 0 N–H and O–H groups in total. The summed E-state index contributed by atoms with van der Waals surface area (Å²) in [6.45, 7) is 0. The van der Waals surface area contributed by atoms with Gasteiger partial charge in [0.05, 0.1) is 22.2 Å². The van der Waals surface area contributed by atoms with Gasteiger partial charge in [0.1, 0.15) is 17.0 Å². The molecule has 11 rings (SSSR count). The van der Waals surface area contributed by atoms with Crippen molar-refractivity contribution < 1.29 is 4.42 Å². The van der Waals surface area contributed by atoms with Crippen LogP contribution in [0.5, 0.6) is 0 Å². The van der Waals surface area contributed by atoms with E-state index in [0.717, 1.165) is 83.4 Å². The zero-order valence-electron chi connectivity index (χ0n) is 31.2. The molecule has 0 aliphatic heterocycles. The Bertz CT molecular complexity index is 3250. The lowest BCUT2D eigenvalue weighted by Gasteiger charge is -2.11. The Morgan fingerprint density at radius 1 is 0.345 bits per heavy atom. The Hall–Kier alpha value is -7.96. The van der Waals surface area contributed by atoms with Crippen LogP contribution in [0.2, 0.25) is 0 Å². The number of nitrogens with zero attached hydrogens (tertiary/aromatic N) is 5. The van der Waals surface area contributed by atoms with Crippen molar-refractivity contribution in [2.75, 3.05) is 0 Å². The molecule has 0 atom stereocenters. The number of benzene rings is 8. The van der Waals surface area contributed by atoms with Crippen molar-refractivity contribution in [3.05, 3.63) is 200 Å². The molecule has 0 saturated carbocycles. The number of aromatic nitrogens is 5. The molecule has 3 aromatic heterocycles. The number of hydrogen-bond acceptors (Lipinski definition) is 5. The quantitative estimate of drug-likeness (QED) is 0.163. The Balaban J connectivity index is 1.15. The van der Waals surface area contributed by atoms with Crippen molar-refractivity contribution in [3.63, 3.8) is 0 Å². The summed E-state index contributed by atoms with van der Waals surface area (Å²) in [4.78, 5) is 20.6. The lowest BCUT2D eigenvalue weighted by atomic mass is 9.98. The van der Waals surface area contributed by atoms with Crippen LogP contribution < -0.4 is 0 Å². The smallest absolute Gasteiger partial charge is 0.167 e. The predicted octanol–water partition coefficient (Wildman–Crippen LogP) is 13.1. The van der Waals surface area contributed by atoms with Crippen molar-refractivity contribution in [1.29, 1.82) is 0 Å². The fourth-order valence-corrected chi connectivity index (χ4v) is 7.87. The van der Waals surface area contributed by atoms with E-state index in [1.54, 1.807) is 0 Å². The molecule has 11 aromatic rings. The molecule has 0 radical (unpaired) electrons. The predicted molar refractivity (Wildman–Crippen MR) is 234 cm³/mol. The lowest BCUT2D eigenvalue weighted by Crippen LogP contribution is -2.00. The van der Waals surface area contributed by atoms with E-state index in [1.165, 1.54) is 0 Å². The van der Waals surface area contributed by atoms with Gasteiger partial charge in [-0.1, -0.05) is 158 Å². The van der Waals surface area contributed by atoms with Crippen LogP contribution >= 0.6 is 0 Å². The minimum atomic E-state index is 0.530. The number of para-hydroxylation sites is 4. The number of imidazole rings is 1. The maximum absolute atomic E-state index is 7.10. The summed E-state index contributed by atoms with van der Waals surface area (Å²) < 4.78 is 9.33. The molecule has 0 saturated heterocycles. The van der Waals surface area contributed by atoms with Crippen LogP contribution in [0.4, 0.5) is 0 Å². The molecule has 58 heavy (non-hydrogen) atoms. The first-order valence-corrected chi connectivity index (χ1v) is 19.3. The maximum atomic E-state index is 7.10. The summed E-state index contributed by atoms with van der Waals surface area (Å²) >= 11 is 0. The van der Waals surface area contributed by atoms with Gasteiger partial charge in [0, 0.05) is 27.6 Å². The first-order chi connectivity index (χ1) is 28.7. The third-order valence-electron chi connectivity index (χ3n) is 10.7. The maximum Gasteiger partial charge on any atom is 0.167 e. The van der Waals surface area contributed by atoms with E-state index in [2.05, 4.69) is 144 Å². The fourth-order valence-electron chi connectivity index (χ4n) is 7.87. The van der Waals surface area contributed by atoms with Crippen LogP contribution in [0.1, 0.15) is 0 Å². The van der Waals surface area contributed by atoms with Crippen molar-refractivity contribution in [2.45, 2.75) is 0 Å². The van der Waals surface area contributed by atoms with Crippen LogP contribution in [0.25, 0.3) is 106 Å². The first kappa shape index (κ1) is 33.4. The minimum absolute atomic E-state index is 0.530. The van der Waals surface area contributed by atoms with Crippen molar-refractivity contribution >= 4 is 33.0 Å². The van der Waals surface area contributed by atoms with E-state index < -0.39 is 0 Å². The summed E-state index contributed by atoms with van der Waals surface area (Å²) in [7, 11) is 0. The minimum Gasteiger partial charge on any atom is -0.455 e. The molecule has 0 aliphatic rings. The van der Waals surface area contributed by atoms with Crippen LogP contribution in [-0.4, -0.2) is 24.5 Å². The molecule has 0 unspecified atom stereocenters. The highest BCUT2D eigenvalue weighted by molar-refractivity contribution is 6.14. The lowest BCUT2D eigenvalue weighted by molar-refractivity contribution is 0.670. The molecule has 3 heterocycles. The van der Waals surface area contributed by atoms with E-state index in [0.29, 0.717) is 23.1 Å². The topological polar surface area (TPSA) is 69.6 Å². The largest absolute Gasteiger partial charge is 0.455 e. The molecule has 272 valence electrons. The number of fused-ring (bicyclic) bond motifs is 4. The second kappa shape index (κ2) is 14.0. The number of rotatable bonds is 7. The van der Waals surface area contributed by atoms with Gasteiger partial charge in [-0.3, -0.25) is 4.57 Å². The van der Waals surface area contributed by atoms with Crippen LogP contribution in [0.15, 0.2) is 205 Å². The second-order valence-corrected chi connectivity index (χ2v) is 14.3. The van der Waals surface area contributed by atoms with Gasteiger partial charge in [-0.25, -0.2) is 19.9 Å². The number of furan rings is 1. The van der Waals surface area contributed by atoms with Gasteiger partial charge < -0.3 is 4.42 Å². The van der Waals surface area contributed by atoms with Gasteiger partial charge in [0.2, 0.25) is 0 Å². The Kier molecular flexibility index (Phi) is 8.04. The summed E-state index contributed by atoms with van der Waals surface area (Å²) in [6.07, 6.45) is 0. The summed E-state index contributed by atoms with van der Waals surface area (Å²) in [5, 5.41) is 1.94. The second-order valence-electron chi connectivity index (χ2n) is 14.3. The highest BCUT2D eigenvalue weighted by atomic mass is 16.3. The zero-order chi connectivity index (χ0) is 38.4. The molecule has 0 aliphatic carbocycles. The van der Waals surface area contributed by atoms with Crippen molar-refractivity contribution in [3.8, 4) is 73.5 Å². The normalized spacial score (nSPS) is 11.4. The van der Waals surface area contributed by atoms with E-state index >= 15 is 0 Å². The number of hydrogen-bond donors (Lipinski definition) is 0. The highest BCUT2D eigenvalue weighted by Crippen LogP contribution is 2.43. The molecule has 0 amide bonds. The molecular formula is C52H33N5O. The molecule has 8 aromatic carbocycles. The van der Waals surface area contributed by atoms with Gasteiger partial charge >= 0.3 is 0 Å². The van der Waals surface area contributed by atoms with Crippen molar-refractivity contribution in [1.82, 2.24) is 24.5 Å². The Labute approximate surface area is 334 Å². The summed E-state index contributed by atoms with van der Waals surface area (Å²) in [5.41, 5.74) is 12.3. The Morgan fingerprint density at radius 3 is 1.55 bits per heavy atom. The van der Waals surface area contributed by atoms with Gasteiger partial charge in [-0.15, -0.1) is 0 Å². The molecule has 6 heteroatoms. The van der Waals surface area contributed by atoms with E-state index in [4.69, 9.17) is 24.4 Å². The average Bonchev–Trinajstić information content (AvgIpc) is 3.89. The van der Waals surface area contributed by atoms with Gasteiger partial charge in [0.15, 0.2) is 17.5 Å². The third kappa shape index (κ3) is 5.83. The summed E-state index contributed by atoms with van der Waals surface area (Å²) in [6, 6.07) is 68.6. The molecule has 6 nitrogen and oxygen atoms in total. The van der Waals surface area contributed by atoms with E-state index in [1.807, 2.05) is 60.7 Å². The average molecular weight is 744 g/mol. The molecule has 0 fully saturated rings.